The molecule has 0 aliphatic heterocycles. The number of carbonyl (C=O) groups excluding carboxylic acids is 4. The molecule has 0 heterocycles. The Bertz CT molecular complexity index is 951. The number of carboxylic acids is 2. The van der Waals surface area contributed by atoms with Gasteiger partial charge in [0.1, 0.15) is 17.9 Å². The third-order valence-corrected chi connectivity index (χ3v) is 7.81. The van der Waals surface area contributed by atoms with E-state index in [0.717, 1.165) is 32.1 Å². The first-order valence-corrected chi connectivity index (χ1v) is 15.9. The summed E-state index contributed by atoms with van der Waals surface area (Å²) < 4.78 is 0. The van der Waals surface area contributed by atoms with Crippen LogP contribution in [-0.4, -0.2) is 77.4 Å². The predicted molar refractivity (Wildman–Crippen MR) is 169 cm³/mol. The van der Waals surface area contributed by atoms with Crippen molar-refractivity contribution in [1.29, 1.82) is 0 Å². The van der Waals surface area contributed by atoms with Crippen LogP contribution in [0.25, 0.3) is 0 Å². The Morgan fingerprint density at radius 1 is 0.659 bits per heavy atom. The molecule has 0 saturated carbocycles. The average molecular weight is 627 g/mol. The van der Waals surface area contributed by atoms with Crippen molar-refractivity contribution in [1.82, 2.24) is 21.3 Å². The Labute approximate surface area is 263 Å². The summed E-state index contributed by atoms with van der Waals surface area (Å²) >= 11 is 0. The molecule has 3 amide bonds. The Kier molecular flexibility index (Phi) is 19.4. The molecular formula is C32H58N4O8. The number of hydrogen-bond acceptors (Lipinski definition) is 7. The Morgan fingerprint density at radius 3 is 1.64 bits per heavy atom. The van der Waals surface area contributed by atoms with E-state index < -0.39 is 35.8 Å². The van der Waals surface area contributed by atoms with Gasteiger partial charge in [0, 0.05) is 25.8 Å². The minimum Gasteiger partial charge on any atom is -0.480 e. The number of carboxylic acid groups (broad SMARTS) is 2. The van der Waals surface area contributed by atoms with Gasteiger partial charge in [-0.05, 0) is 82.6 Å². The highest BCUT2D eigenvalue weighted by Gasteiger charge is 2.29. The van der Waals surface area contributed by atoms with Crippen LogP contribution in [0.1, 0.15) is 125 Å². The summed E-state index contributed by atoms with van der Waals surface area (Å²) in [6.45, 7) is 12.9. The van der Waals surface area contributed by atoms with Crippen molar-refractivity contribution in [3.63, 3.8) is 0 Å². The second-order valence-electron chi connectivity index (χ2n) is 13.4. The predicted octanol–water partition coefficient (Wildman–Crippen LogP) is 3.56. The Hall–Kier alpha value is -3.02. The molecule has 0 bridgehead atoms. The van der Waals surface area contributed by atoms with Gasteiger partial charge in [-0.3, -0.25) is 19.2 Å². The fourth-order valence-electron chi connectivity index (χ4n) is 5.82. The van der Waals surface area contributed by atoms with Gasteiger partial charge in [0.2, 0.25) is 17.7 Å². The van der Waals surface area contributed by atoms with Crippen LogP contribution in [0.3, 0.4) is 0 Å². The topological polar surface area (TPSA) is 191 Å². The number of Topliss-reactive ketones (excluding diaryl/α,β-unsaturated/α-hetero) is 1. The van der Waals surface area contributed by atoms with Crippen LogP contribution in [-0.2, 0) is 28.8 Å². The van der Waals surface area contributed by atoms with Crippen molar-refractivity contribution in [2.75, 3.05) is 13.6 Å². The molecule has 0 aromatic carbocycles. The van der Waals surface area contributed by atoms with E-state index in [2.05, 4.69) is 55.9 Å². The zero-order valence-electron chi connectivity index (χ0n) is 28.0. The Morgan fingerprint density at radius 2 is 1.16 bits per heavy atom. The number of hydrogen-bond donors (Lipinski definition) is 6. The second-order valence-corrected chi connectivity index (χ2v) is 13.4. The number of carbonyl (C=O) groups is 6. The SMILES string of the molecule is CCCC(C)(C)CC(C)(C)CCCC(=O)N[C@@H](CCC(=O)N[C@@H](CCC(=O)NCCCC[C@H](NC)C(C)=O)C(=O)O)C(=O)O. The highest BCUT2D eigenvalue weighted by atomic mass is 16.4. The summed E-state index contributed by atoms with van der Waals surface area (Å²) in [7, 11) is 1.72. The van der Waals surface area contributed by atoms with Crippen molar-refractivity contribution in [3.05, 3.63) is 0 Å². The minimum atomic E-state index is -1.32. The first kappa shape index (κ1) is 41.0. The molecule has 0 spiro atoms. The maximum Gasteiger partial charge on any atom is 0.326 e. The molecule has 0 rings (SSSR count). The monoisotopic (exact) mass is 626 g/mol. The summed E-state index contributed by atoms with van der Waals surface area (Å²) in [4.78, 5) is 71.8. The molecule has 44 heavy (non-hydrogen) atoms. The van der Waals surface area contributed by atoms with E-state index in [1.54, 1.807) is 7.05 Å². The van der Waals surface area contributed by atoms with E-state index in [0.29, 0.717) is 25.8 Å². The molecule has 0 radical (unpaired) electrons. The van der Waals surface area contributed by atoms with Gasteiger partial charge in [-0.15, -0.1) is 0 Å². The van der Waals surface area contributed by atoms with Gasteiger partial charge in [0.25, 0.3) is 0 Å². The van der Waals surface area contributed by atoms with Crippen LogP contribution in [0.2, 0.25) is 0 Å². The van der Waals surface area contributed by atoms with Crippen LogP contribution in [0, 0.1) is 10.8 Å². The molecule has 0 unspecified atom stereocenters. The lowest BCUT2D eigenvalue weighted by molar-refractivity contribution is -0.143. The molecule has 6 N–H and O–H groups in total. The zero-order chi connectivity index (χ0) is 33.9. The number of amides is 3. The average Bonchev–Trinajstić information content (AvgIpc) is 2.89. The molecule has 254 valence electrons. The summed E-state index contributed by atoms with van der Waals surface area (Å²) in [6.07, 6.45) is 6.13. The number of aliphatic carboxylic acids is 2. The number of nitrogens with one attached hydrogen (secondary N) is 4. The largest absolute Gasteiger partial charge is 0.480 e. The van der Waals surface area contributed by atoms with Crippen LogP contribution in [0.4, 0.5) is 0 Å². The number of rotatable bonds is 25. The molecule has 0 aliphatic rings. The van der Waals surface area contributed by atoms with E-state index in [9.17, 15) is 39.0 Å². The molecule has 12 heteroatoms. The zero-order valence-corrected chi connectivity index (χ0v) is 28.0. The van der Waals surface area contributed by atoms with Gasteiger partial charge in [-0.1, -0.05) is 41.0 Å². The van der Waals surface area contributed by atoms with E-state index in [-0.39, 0.29) is 60.7 Å². The van der Waals surface area contributed by atoms with Gasteiger partial charge in [-0.25, -0.2) is 9.59 Å². The molecule has 0 fully saturated rings. The van der Waals surface area contributed by atoms with Gasteiger partial charge < -0.3 is 31.5 Å². The molecule has 0 aromatic heterocycles. The molecule has 0 aromatic rings. The van der Waals surface area contributed by atoms with Crippen molar-refractivity contribution in [3.8, 4) is 0 Å². The highest BCUT2D eigenvalue weighted by molar-refractivity contribution is 5.86. The lowest BCUT2D eigenvalue weighted by Crippen LogP contribution is -2.44. The molecule has 3 atom stereocenters. The molecular weight excluding hydrogens is 568 g/mol. The fraction of sp³-hybridized carbons (Fsp3) is 0.812. The lowest BCUT2D eigenvalue weighted by atomic mass is 9.71. The van der Waals surface area contributed by atoms with Crippen LogP contribution in [0.15, 0.2) is 0 Å². The van der Waals surface area contributed by atoms with Crippen LogP contribution >= 0.6 is 0 Å². The summed E-state index contributed by atoms with van der Waals surface area (Å²) in [5.74, 6) is -3.98. The van der Waals surface area contributed by atoms with Crippen molar-refractivity contribution < 1.29 is 39.0 Å². The third-order valence-electron chi connectivity index (χ3n) is 7.81. The Balaban J connectivity index is 4.59. The van der Waals surface area contributed by atoms with E-state index >= 15 is 0 Å². The fourth-order valence-corrected chi connectivity index (χ4v) is 5.82. The molecule has 0 saturated heterocycles. The van der Waals surface area contributed by atoms with E-state index in [4.69, 9.17) is 0 Å². The first-order chi connectivity index (χ1) is 20.4. The van der Waals surface area contributed by atoms with Crippen LogP contribution in [0.5, 0.6) is 0 Å². The van der Waals surface area contributed by atoms with Gasteiger partial charge in [0.05, 0.1) is 6.04 Å². The molecule has 0 aliphatic carbocycles. The maximum absolute atomic E-state index is 12.5. The van der Waals surface area contributed by atoms with Gasteiger partial charge in [0.15, 0.2) is 0 Å². The second kappa shape index (κ2) is 20.8. The maximum atomic E-state index is 12.5. The normalized spacial score (nSPS) is 13.8. The van der Waals surface area contributed by atoms with E-state index in [1.165, 1.54) is 6.92 Å². The summed E-state index contributed by atoms with van der Waals surface area (Å²) in [5.41, 5.74) is 0.244. The number of unbranched alkanes of at least 4 members (excludes halogenated alkanes) is 1. The smallest absolute Gasteiger partial charge is 0.326 e. The highest BCUT2D eigenvalue weighted by Crippen LogP contribution is 2.39. The minimum absolute atomic E-state index is 0.0396. The third kappa shape index (κ3) is 19.3. The standard InChI is InChI=1S/C32H58N4O8/c1-8-18-31(3,4)21-32(5,6)19-11-13-27(39)35-25(30(43)44)15-17-28(40)36-24(29(41)42)14-16-26(38)34-20-10-9-12-23(33-7)22(2)37/h23-25,33H,8-21H2,1-7H3,(H,34,38)(H,35,39)(H,36,40)(H,41,42)(H,43,44)/t23-,24-,25-/m0/s1. The van der Waals surface area contributed by atoms with E-state index in [1.807, 2.05) is 0 Å². The summed E-state index contributed by atoms with van der Waals surface area (Å²) in [5, 5.41) is 29.5. The summed E-state index contributed by atoms with van der Waals surface area (Å²) in [6, 6.07) is -2.82. The van der Waals surface area contributed by atoms with Crippen molar-refractivity contribution >= 4 is 35.4 Å². The van der Waals surface area contributed by atoms with Gasteiger partial charge in [-0.2, -0.15) is 0 Å². The molecule has 12 nitrogen and oxygen atoms in total. The first-order valence-electron chi connectivity index (χ1n) is 15.9. The van der Waals surface area contributed by atoms with Crippen LogP contribution < -0.4 is 21.3 Å². The number of ketones is 1. The van der Waals surface area contributed by atoms with Gasteiger partial charge >= 0.3 is 11.9 Å². The quantitative estimate of drug-likeness (QED) is 0.0823. The lowest BCUT2D eigenvalue weighted by Gasteiger charge is -2.35. The number of likely N-dealkylation sites (N-methyl/N-ethyl adjacent to an activating group) is 1. The van der Waals surface area contributed by atoms with Crippen molar-refractivity contribution in [2.24, 2.45) is 10.8 Å². The van der Waals surface area contributed by atoms with Crippen molar-refractivity contribution in [2.45, 2.75) is 143 Å².